The summed E-state index contributed by atoms with van der Waals surface area (Å²) in [5.41, 5.74) is 0.905. The van der Waals surface area contributed by atoms with Gasteiger partial charge in [0.1, 0.15) is 0 Å². The highest BCUT2D eigenvalue weighted by Crippen LogP contribution is 2.40. The second-order valence-electron chi connectivity index (χ2n) is 5.33. The molecule has 0 amide bonds. The SMILES string of the molecule is CC[C@@H](CC(=O)c1cc2c(C)c(OC)c(OC)cc2s1)C(=O)O. The van der Waals surface area contributed by atoms with Gasteiger partial charge in [-0.3, -0.25) is 9.59 Å². The number of hydrogen-bond donors (Lipinski definition) is 1. The van der Waals surface area contributed by atoms with Gasteiger partial charge in [0.05, 0.1) is 25.0 Å². The first kappa shape index (κ1) is 17.3. The van der Waals surface area contributed by atoms with Crippen LogP contribution in [0.25, 0.3) is 10.1 Å². The van der Waals surface area contributed by atoms with Crippen molar-refractivity contribution in [2.45, 2.75) is 26.7 Å². The summed E-state index contributed by atoms with van der Waals surface area (Å²) in [6.45, 7) is 3.69. The number of rotatable bonds is 7. The molecule has 1 N–H and O–H groups in total. The predicted molar refractivity (Wildman–Crippen MR) is 90.0 cm³/mol. The molecule has 1 aromatic heterocycles. The summed E-state index contributed by atoms with van der Waals surface area (Å²) < 4.78 is 11.6. The maximum Gasteiger partial charge on any atom is 0.306 e. The van der Waals surface area contributed by atoms with E-state index < -0.39 is 11.9 Å². The number of ether oxygens (including phenoxy) is 2. The van der Waals surface area contributed by atoms with Crippen LogP contribution in [-0.4, -0.2) is 31.1 Å². The van der Waals surface area contributed by atoms with E-state index >= 15 is 0 Å². The van der Waals surface area contributed by atoms with Gasteiger partial charge in [0.25, 0.3) is 0 Å². The minimum Gasteiger partial charge on any atom is -0.493 e. The van der Waals surface area contributed by atoms with Gasteiger partial charge < -0.3 is 14.6 Å². The van der Waals surface area contributed by atoms with Crippen molar-refractivity contribution >= 4 is 33.2 Å². The van der Waals surface area contributed by atoms with Crippen LogP contribution in [0.15, 0.2) is 12.1 Å². The quantitative estimate of drug-likeness (QED) is 0.776. The summed E-state index contributed by atoms with van der Waals surface area (Å²) in [6.07, 6.45) is 0.457. The maximum atomic E-state index is 12.4. The molecule has 0 aliphatic rings. The Morgan fingerprint density at radius 1 is 1.26 bits per heavy atom. The number of carbonyl (C=O) groups is 2. The van der Waals surface area contributed by atoms with Crippen molar-refractivity contribution in [3.05, 3.63) is 22.6 Å². The summed E-state index contributed by atoms with van der Waals surface area (Å²) in [7, 11) is 3.15. The number of carboxylic acids is 1. The van der Waals surface area contributed by atoms with Gasteiger partial charge in [-0.15, -0.1) is 11.3 Å². The number of methoxy groups -OCH3 is 2. The highest BCUT2D eigenvalue weighted by Gasteiger charge is 2.22. The third kappa shape index (κ3) is 3.32. The molecule has 0 bridgehead atoms. The summed E-state index contributed by atoms with van der Waals surface area (Å²) in [4.78, 5) is 24.1. The number of fused-ring (bicyclic) bond motifs is 1. The molecule has 6 heteroatoms. The first-order chi connectivity index (χ1) is 10.9. The molecule has 0 fully saturated rings. The number of carboxylic acid groups (broad SMARTS) is 1. The Morgan fingerprint density at radius 2 is 1.96 bits per heavy atom. The van der Waals surface area contributed by atoms with Gasteiger partial charge in [-0.2, -0.15) is 0 Å². The molecule has 0 radical (unpaired) electrons. The minimum absolute atomic E-state index is 0.0198. The van der Waals surface area contributed by atoms with Crippen LogP contribution >= 0.6 is 11.3 Å². The van der Waals surface area contributed by atoms with Crippen molar-refractivity contribution in [3.63, 3.8) is 0 Å². The zero-order valence-electron chi connectivity index (χ0n) is 13.6. The topological polar surface area (TPSA) is 72.8 Å². The largest absolute Gasteiger partial charge is 0.493 e. The highest BCUT2D eigenvalue weighted by atomic mass is 32.1. The van der Waals surface area contributed by atoms with Crippen LogP contribution in [0.5, 0.6) is 11.5 Å². The Morgan fingerprint density at radius 3 is 2.48 bits per heavy atom. The van der Waals surface area contributed by atoms with E-state index in [0.29, 0.717) is 22.8 Å². The summed E-state index contributed by atoms with van der Waals surface area (Å²) in [5, 5.41) is 10.0. The Labute approximate surface area is 138 Å². The molecule has 2 aromatic rings. The normalized spacial score (nSPS) is 12.2. The number of aliphatic carboxylic acids is 1. The van der Waals surface area contributed by atoms with E-state index in [1.807, 2.05) is 19.1 Å². The summed E-state index contributed by atoms with van der Waals surface area (Å²) in [6, 6.07) is 3.66. The van der Waals surface area contributed by atoms with Crippen LogP contribution in [-0.2, 0) is 4.79 Å². The molecule has 0 aliphatic carbocycles. The molecule has 0 saturated carbocycles. The number of aryl methyl sites for hydroxylation is 1. The molecule has 1 heterocycles. The monoisotopic (exact) mass is 336 g/mol. The third-order valence-electron chi connectivity index (χ3n) is 3.96. The fourth-order valence-corrected chi connectivity index (χ4v) is 3.67. The lowest BCUT2D eigenvalue weighted by Crippen LogP contribution is -2.16. The van der Waals surface area contributed by atoms with E-state index in [9.17, 15) is 9.59 Å². The zero-order valence-corrected chi connectivity index (χ0v) is 14.5. The number of thiophene rings is 1. The lowest BCUT2D eigenvalue weighted by molar-refractivity contribution is -0.141. The smallest absolute Gasteiger partial charge is 0.306 e. The molecular formula is C17H20O5S. The number of ketones is 1. The van der Waals surface area contributed by atoms with Gasteiger partial charge in [-0.05, 0) is 19.4 Å². The Balaban J connectivity index is 2.42. The van der Waals surface area contributed by atoms with Crippen LogP contribution < -0.4 is 9.47 Å². The second-order valence-corrected chi connectivity index (χ2v) is 6.41. The van der Waals surface area contributed by atoms with Crippen molar-refractivity contribution < 1.29 is 24.2 Å². The van der Waals surface area contributed by atoms with Crippen LogP contribution in [0.4, 0.5) is 0 Å². The van der Waals surface area contributed by atoms with Gasteiger partial charge in [0, 0.05) is 28.1 Å². The van der Waals surface area contributed by atoms with Crippen molar-refractivity contribution in [3.8, 4) is 11.5 Å². The van der Waals surface area contributed by atoms with Crippen molar-refractivity contribution in [2.24, 2.45) is 5.92 Å². The fourth-order valence-electron chi connectivity index (χ4n) is 2.57. The first-order valence-corrected chi connectivity index (χ1v) is 8.15. The van der Waals surface area contributed by atoms with E-state index in [4.69, 9.17) is 14.6 Å². The number of carbonyl (C=O) groups excluding carboxylic acids is 1. The molecule has 23 heavy (non-hydrogen) atoms. The van der Waals surface area contributed by atoms with E-state index in [1.54, 1.807) is 21.1 Å². The van der Waals surface area contributed by atoms with Gasteiger partial charge >= 0.3 is 5.97 Å². The average molecular weight is 336 g/mol. The number of benzene rings is 1. The van der Waals surface area contributed by atoms with E-state index in [2.05, 4.69) is 0 Å². The Kier molecular flexibility index (Phi) is 5.26. The predicted octanol–water partition coefficient (Wildman–Crippen LogP) is 3.91. The molecule has 0 aliphatic heterocycles. The molecule has 1 aromatic carbocycles. The molecule has 5 nitrogen and oxygen atoms in total. The lowest BCUT2D eigenvalue weighted by atomic mass is 9.99. The lowest BCUT2D eigenvalue weighted by Gasteiger charge is -2.10. The molecule has 0 spiro atoms. The molecule has 0 unspecified atom stereocenters. The van der Waals surface area contributed by atoms with Gasteiger partial charge in [0.15, 0.2) is 17.3 Å². The number of hydrogen-bond acceptors (Lipinski definition) is 5. The second kappa shape index (κ2) is 7.00. The van der Waals surface area contributed by atoms with E-state index in [-0.39, 0.29) is 12.2 Å². The van der Waals surface area contributed by atoms with Gasteiger partial charge in [0.2, 0.25) is 0 Å². The van der Waals surface area contributed by atoms with E-state index in [1.165, 1.54) is 11.3 Å². The molecule has 124 valence electrons. The summed E-state index contributed by atoms with van der Waals surface area (Å²) in [5.74, 6) is -0.443. The standard InChI is InChI=1S/C17H20O5S/c1-5-10(17(19)20)6-12(18)15-7-11-9(2)16(22-4)13(21-3)8-14(11)23-15/h7-8,10H,5-6H2,1-4H3,(H,19,20)/t10-/m0/s1. The van der Waals surface area contributed by atoms with Crippen molar-refractivity contribution in [1.82, 2.24) is 0 Å². The summed E-state index contributed by atoms with van der Waals surface area (Å²) >= 11 is 1.35. The Bertz CT molecular complexity index is 747. The zero-order chi connectivity index (χ0) is 17.1. The average Bonchev–Trinajstić information content (AvgIpc) is 2.96. The Hall–Kier alpha value is -2.08. The fraction of sp³-hybridized carbons (Fsp3) is 0.412. The van der Waals surface area contributed by atoms with Crippen LogP contribution in [0.2, 0.25) is 0 Å². The minimum atomic E-state index is -0.929. The first-order valence-electron chi connectivity index (χ1n) is 7.34. The van der Waals surface area contributed by atoms with Gasteiger partial charge in [-0.1, -0.05) is 6.92 Å². The third-order valence-corrected chi connectivity index (χ3v) is 5.09. The molecule has 0 saturated heterocycles. The van der Waals surface area contributed by atoms with Crippen LogP contribution in [0.3, 0.4) is 0 Å². The molecule has 1 atom stereocenters. The van der Waals surface area contributed by atoms with Crippen LogP contribution in [0, 0.1) is 12.8 Å². The van der Waals surface area contributed by atoms with Gasteiger partial charge in [-0.25, -0.2) is 0 Å². The van der Waals surface area contributed by atoms with Crippen LogP contribution in [0.1, 0.15) is 35.0 Å². The van der Waals surface area contributed by atoms with Crippen molar-refractivity contribution in [2.75, 3.05) is 14.2 Å². The maximum absolute atomic E-state index is 12.4. The van der Waals surface area contributed by atoms with E-state index in [0.717, 1.165) is 15.6 Å². The number of Topliss-reactive ketones (excluding diaryl/α,β-unsaturated/α-hetero) is 1. The highest BCUT2D eigenvalue weighted by molar-refractivity contribution is 7.20. The molecule has 2 rings (SSSR count). The van der Waals surface area contributed by atoms with Crippen molar-refractivity contribution in [1.29, 1.82) is 0 Å². The molecular weight excluding hydrogens is 316 g/mol.